The normalized spacial score (nSPS) is 14.8. The van der Waals surface area contributed by atoms with Crippen molar-refractivity contribution < 1.29 is 0 Å². The van der Waals surface area contributed by atoms with Crippen LogP contribution in [0.25, 0.3) is 44.5 Å². The van der Waals surface area contributed by atoms with Gasteiger partial charge in [0.1, 0.15) is 0 Å². The fraction of sp³-hybridized carbons (Fsp3) is 0.213. The molecule has 0 saturated heterocycles. The lowest BCUT2D eigenvalue weighted by Crippen LogP contribution is -2.29. The van der Waals surface area contributed by atoms with Crippen molar-refractivity contribution in [1.29, 1.82) is 0 Å². The van der Waals surface area contributed by atoms with Gasteiger partial charge >= 0.3 is 0 Å². The Labute approximate surface area is 368 Å². The van der Waals surface area contributed by atoms with Gasteiger partial charge in [0.2, 0.25) is 0 Å². The highest BCUT2D eigenvalue weighted by Gasteiger charge is 2.54. The summed E-state index contributed by atoms with van der Waals surface area (Å²) < 4.78 is 0. The van der Waals surface area contributed by atoms with Gasteiger partial charge in [-0.3, -0.25) is 0 Å². The highest BCUT2D eigenvalue weighted by Crippen LogP contribution is 2.66. The fourth-order valence-corrected chi connectivity index (χ4v) is 11.2. The number of nitrogens with zero attached hydrogens (tertiary/aromatic N) is 1. The van der Waals surface area contributed by atoms with Crippen LogP contribution in [0.4, 0.5) is 17.1 Å². The van der Waals surface area contributed by atoms with Crippen LogP contribution in [0.3, 0.4) is 0 Å². The van der Waals surface area contributed by atoms with Crippen molar-refractivity contribution in [2.24, 2.45) is 0 Å². The highest BCUT2D eigenvalue weighted by molar-refractivity contribution is 6.01. The van der Waals surface area contributed by atoms with Crippen molar-refractivity contribution in [2.45, 2.75) is 84.0 Å². The molecule has 1 heteroatoms. The van der Waals surface area contributed by atoms with Gasteiger partial charge in [-0.05, 0) is 120 Å². The summed E-state index contributed by atoms with van der Waals surface area (Å²) in [6, 6.07) is 65.4. The van der Waals surface area contributed by atoms with Crippen LogP contribution in [-0.4, -0.2) is 0 Å². The SMILES string of the molecule is Cc1ccc(-c2ccccc2N(c2ccc3c(c2)C(C)(C)c2ccccc2-3)c2cccc3c2C2(c4cc(C(C)(C)C)ccc4-c4ccc(C(C)(C)C)cc42)c2ccccc2-3)cc1. The second kappa shape index (κ2) is 13.3. The standard InChI is InChI=1S/C61H55N/c1-38-25-27-39(28-26-38)43-17-12-15-23-55(43)62(42-31-34-46-44-18-10-13-21-50(44)60(8,9)52(46)37-42)56-24-16-20-49-45-19-11-14-22-51(45)61(57(49)56)53-35-40(58(2,3)4)29-32-47(53)48-33-30-41(36-54(48)61)59(5,6)7/h10-37H,1-9H3. The van der Waals surface area contributed by atoms with E-state index in [0.29, 0.717) is 0 Å². The molecule has 0 saturated carbocycles. The maximum absolute atomic E-state index is 2.61. The molecule has 1 spiro atoms. The Morgan fingerprint density at radius 2 is 0.871 bits per heavy atom. The van der Waals surface area contributed by atoms with Gasteiger partial charge in [-0.1, -0.05) is 207 Å². The van der Waals surface area contributed by atoms with Crippen LogP contribution in [0.1, 0.15) is 105 Å². The molecule has 8 aromatic rings. The number of benzene rings is 8. The van der Waals surface area contributed by atoms with E-state index in [-0.39, 0.29) is 16.2 Å². The molecule has 0 fully saturated rings. The van der Waals surface area contributed by atoms with Gasteiger partial charge < -0.3 is 4.90 Å². The molecular weight excluding hydrogens is 747 g/mol. The van der Waals surface area contributed by atoms with Crippen LogP contribution in [0.5, 0.6) is 0 Å². The van der Waals surface area contributed by atoms with Crippen molar-refractivity contribution in [3.63, 3.8) is 0 Å². The molecule has 0 N–H and O–H groups in total. The van der Waals surface area contributed by atoms with E-state index in [0.717, 1.165) is 11.4 Å². The van der Waals surface area contributed by atoms with Gasteiger partial charge in [-0.25, -0.2) is 0 Å². The van der Waals surface area contributed by atoms with Crippen molar-refractivity contribution in [3.8, 4) is 44.5 Å². The van der Waals surface area contributed by atoms with Crippen molar-refractivity contribution in [3.05, 3.63) is 220 Å². The van der Waals surface area contributed by atoms with Crippen LogP contribution in [-0.2, 0) is 21.7 Å². The minimum atomic E-state index is -0.570. The quantitative estimate of drug-likeness (QED) is 0.171. The Hall–Kier alpha value is -6.44. The topological polar surface area (TPSA) is 3.24 Å². The summed E-state index contributed by atoms with van der Waals surface area (Å²) in [5.41, 5.74) is 25.2. The Morgan fingerprint density at radius 3 is 1.50 bits per heavy atom. The lowest BCUT2D eigenvalue weighted by atomic mass is 9.68. The van der Waals surface area contributed by atoms with E-state index in [1.54, 1.807) is 0 Å². The van der Waals surface area contributed by atoms with Crippen molar-refractivity contribution >= 4 is 17.1 Å². The molecule has 0 unspecified atom stereocenters. The molecule has 304 valence electrons. The van der Waals surface area contributed by atoms with Gasteiger partial charge in [0.05, 0.1) is 16.8 Å². The number of para-hydroxylation sites is 1. The summed E-state index contributed by atoms with van der Waals surface area (Å²) >= 11 is 0. The first kappa shape index (κ1) is 38.5. The molecule has 0 aliphatic heterocycles. The minimum Gasteiger partial charge on any atom is -0.310 e. The van der Waals surface area contributed by atoms with Crippen LogP contribution >= 0.6 is 0 Å². The molecule has 0 radical (unpaired) electrons. The molecule has 0 aromatic heterocycles. The average Bonchev–Trinajstić information content (AvgIpc) is 3.82. The Bertz CT molecular complexity index is 3060. The smallest absolute Gasteiger partial charge is 0.0746 e. The Kier molecular flexibility index (Phi) is 8.24. The number of hydrogen-bond donors (Lipinski definition) is 0. The third-order valence-corrected chi connectivity index (χ3v) is 14.5. The summed E-state index contributed by atoms with van der Waals surface area (Å²) in [5, 5.41) is 0. The van der Waals surface area contributed by atoms with Crippen LogP contribution < -0.4 is 4.90 Å². The first-order valence-electron chi connectivity index (χ1n) is 22.4. The summed E-state index contributed by atoms with van der Waals surface area (Å²) in [6.07, 6.45) is 0. The molecule has 11 rings (SSSR count). The van der Waals surface area contributed by atoms with Gasteiger partial charge in [0, 0.05) is 22.2 Å². The van der Waals surface area contributed by atoms with Gasteiger partial charge in [0.25, 0.3) is 0 Å². The number of anilines is 3. The Morgan fingerprint density at radius 1 is 0.387 bits per heavy atom. The highest BCUT2D eigenvalue weighted by atomic mass is 15.1. The average molecular weight is 802 g/mol. The maximum Gasteiger partial charge on any atom is 0.0746 e. The number of aryl methyl sites for hydroxylation is 1. The fourth-order valence-electron chi connectivity index (χ4n) is 11.2. The predicted octanol–water partition coefficient (Wildman–Crippen LogP) is 16.4. The van der Waals surface area contributed by atoms with Gasteiger partial charge in [-0.15, -0.1) is 0 Å². The first-order valence-corrected chi connectivity index (χ1v) is 22.4. The summed E-state index contributed by atoms with van der Waals surface area (Å²) in [6.45, 7) is 21.0. The molecule has 8 aromatic carbocycles. The first-order chi connectivity index (χ1) is 29.7. The summed E-state index contributed by atoms with van der Waals surface area (Å²) in [4.78, 5) is 2.61. The number of hydrogen-bond acceptors (Lipinski definition) is 1. The van der Waals surface area contributed by atoms with E-state index in [1.165, 1.54) is 100 Å². The second-order valence-corrected chi connectivity index (χ2v) is 20.6. The van der Waals surface area contributed by atoms with E-state index in [1.807, 2.05) is 0 Å². The molecular formula is C61H55N. The van der Waals surface area contributed by atoms with E-state index in [9.17, 15) is 0 Å². The number of fused-ring (bicyclic) bond motifs is 13. The van der Waals surface area contributed by atoms with E-state index >= 15 is 0 Å². The molecule has 3 aliphatic rings. The molecule has 0 atom stereocenters. The summed E-state index contributed by atoms with van der Waals surface area (Å²) in [7, 11) is 0. The van der Waals surface area contributed by atoms with E-state index in [4.69, 9.17) is 0 Å². The van der Waals surface area contributed by atoms with Gasteiger partial charge in [0.15, 0.2) is 0 Å². The minimum absolute atomic E-state index is 0.0319. The predicted molar refractivity (Wildman–Crippen MR) is 263 cm³/mol. The zero-order valence-electron chi connectivity index (χ0n) is 37.6. The third-order valence-electron chi connectivity index (χ3n) is 14.5. The van der Waals surface area contributed by atoms with Gasteiger partial charge in [-0.2, -0.15) is 0 Å². The zero-order chi connectivity index (χ0) is 42.9. The monoisotopic (exact) mass is 801 g/mol. The molecule has 62 heavy (non-hydrogen) atoms. The van der Waals surface area contributed by atoms with Crippen LogP contribution in [0.15, 0.2) is 170 Å². The molecule has 0 amide bonds. The molecule has 3 aliphatic carbocycles. The van der Waals surface area contributed by atoms with Crippen LogP contribution in [0, 0.1) is 6.92 Å². The Balaban J connectivity index is 1.28. The third kappa shape index (κ3) is 5.40. The molecule has 1 nitrogen and oxygen atoms in total. The van der Waals surface area contributed by atoms with E-state index < -0.39 is 5.41 Å². The lowest BCUT2D eigenvalue weighted by Gasteiger charge is -2.37. The van der Waals surface area contributed by atoms with E-state index in [2.05, 4.69) is 237 Å². The lowest BCUT2D eigenvalue weighted by molar-refractivity contribution is 0.586. The molecule has 0 bridgehead atoms. The molecule has 0 heterocycles. The maximum atomic E-state index is 2.61. The second-order valence-electron chi connectivity index (χ2n) is 20.6. The van der Waals surface area contributed by atoms with Crippen molar-refractivity contribution in [1.82, 2.24) is 0 Å². The number of rotatable bonds is 4. The van der Waals surface area contributed by atoms with Crippen LogP contribution in [0.2, 0.25) is 0 Å². The van der Waals surface area contributed by atoms with Crippen molar-refractivity contribution in [2.75, 3.05) is 4.90 Å². The summed E-state index contributed by atoms with van der Waals surface area (Å²) in [5.74, 6) is 0. The largest absolute Gasteiger partial charge is 0.310 e. The zero-order valence-corrected chi connectivity index (χ0v) is 37.6.